The molecule has 8 rings (SSSR count). The van der Waals surface area contributed by atoms with E-state index in [-0.39, 0.29) is 0 Å². The Kier molecular flexibility index (Phi) is 7.25. The summed E-state index contributed by atoms with van der Waals surface area (Å²) in [5.41, 5.74) is 6.27. The Balaban J connectivity index is 1.39. The second-order valence-electron chi connectivity index (χ2n) is 11.3. The molecular formula is C40H28IN2O2P. The third kappa shape index (κ3) is 5.01. The first-order valence-electron chi connectivity index (χ1n) is 15.1. The van der Waals surface area contributed by atoms with Crippen molar-refractivity contribution in [2.75, 3.05) is 9.80 Å². The molecule has 1 N–H and O–H groups in total. The van der Waals surface area contributed by atoms with Gasteiger partial charge in [0.25, 0.3) is 5.01 Å². The van der Waals surface area contributed by atoms with Crippen LogP contribution in [0.25, 0.3) is 32.3 Å². The van der Waals surface area contributed by atoms with E-state index in [1.54, 1.807) is 34.2 Å². The fourth-order valence-electron chi connectivity index (χ4n) is 6.53. The van der Waals surface area contributed by atoms with Crippen LogP contribution in [0, 0.1) is 0 Å². The minimum Gasteiger partial charge on any atom is -0.334 e. The van der Waals surface area contributed by atoms with Crippen LogP contribution in [0.1, 0.15) is 0 Å². The molecule has 0 unspecified atom stereocenters. The van der Waals surface area contributed by atoms with Gasteiger partial charge in [0.1, 0.15) is 0 Å². The number of para-hydroxylation sites is 3. The van der Waals surface area contributed by atoms with Crippen molar-refractivity contribution in [2.45, 2.75) is 0 Å². The van der Waals surface area contributed by atoms with Crippen molar-refractivity contribution in [3.05, 3.63) is 164 Å². The lowest BCUT2D eigenvalue weighted by molar-refractivity contribution is 0.510. The Labute approximate surface area is 280 Å². The van der Waals surface area contributed by atoms with Crippen LogP contribution in [0.5, 0.6) is 0 Å². The largest absolute Gasteiger partial charge is 0.334 e. The quantitative estimate of drug-likeness (QED) is 0.101. The topological polar surface area (TPSA) is 43.8 Å². The number of hydrogen-bond donors (Lipinski definition) is 1. The van der Waals surface area contributed by atoms with Crippen molar-refractivity contribution in [1.29, 1.82) is 0 Å². The van der Waals surface area contributed by atoms with Crippen LogP contribution >= 0.6 is 27.1 Å². The maximum atomic E-state index is 12.4. The predicted molar refractivity (Wildman–Crippen MR) is 203 cm³/mol. The molecule has 0 amide bonds. The van der Waals surface area contributed by atoms with Crippen molar-refractivity contribution in [3.8, 4) is 0 Å². The molecule has 0 aliphatic carbocycles. The van der Waals surface area contributed by atoms with Crippen molar-refractivity contribution in [1.82, 2.24) is 0 Å². The molecule has 8 aromatic rings. The van der Waals surface area contributed by atoms with E-state index >= 15 is 0 Å². The summed E-state index contributed by atoms with van der Waals surface area (Å²) in [5, 5.41) is 4.13. The van der Waals surface area contributed by atoms with E-state index in [2.05, 4.69) is 131 Å². The Morgan fingerprint density at radius 2 is 0.783 bits per heavy atom. The molecule has 8 aromatic carbocycles. The molecule has 0 radical (unpaired) electrons. The van der Waals surface area contributed by atoms with Gasteiger partial charge >= 0.3 is 0 Å². The molecule has 0 aliphatic heterocycles. The van der Waals surface area contributed by atoms with E-state index in [4.69, 9.17) is 0 Å². The molecule has 4 nitrogen and oxygen atoms in total. The van der Waals surface area contributed by atoms with Crippen LogP contribution in [0.3, 0.4) is 0 Å². The lowest BCUT2D eigenvalue weighted by atomic mass is 9.91. The number of hydrogen-bond acceptors (Lipinski definition) is 3. The molecule has 0 aromatic heterocycles. The van der Waals surface area contributed by atoms with Crippen molar-refractivity contribution < 1.29 is 9.46 Å². The van der Waals surface area contributed by atoms with Crippen LogP contribution in [0.15, 0.2) is 164 Å². The third-order valence-corrected chi connectivity index (χ3v) is 11.2. The minimum atomic E-state index is -3.40. The zero-order valence-corrected chi connectivity index (χ0v) is 27.7. The molecule has 0 aliphatic rings. The molecule has 6 heteroatoms. The third-order valence-electron chi connectivity index (χ3n) is 8.57. The molecule has 0 fully saturated rings. The van der Waals surface area contributed by atoms with Crippen molar-refractivity contribution >= 4 is 98.8 Å². The lowest BCUT2D eigenvalue weighted by Gasteiger charge is -2.29. The van der Waals surface area contributed by atoms with Gasteiger partial charge in [-0.05, 0) is 94.3 Å². The van der Waals surface area contributed by atoms with E-state index in [0.717, 1.165) is 39.5 Å². The van der Waals surface area contributed by atoms with Crippen molar-refractivity contribution in [2.24, 2.45) is 0 Å². The van der Waals surface area contributed by atoms with Crippen LogP contribution in [0.2, 0.25) is 0 Å². The van der Waals surface area contributed by atoms with Gasteiger partial charge in [-0.2, -0.15) is 0 Å². The molecule has 0 heterocycles. The molecule has 0 spiro atoms. The predicted octanol–water partition coefficient (Wildman–Crippen LogP) is 11.8. The average Bonchev–Trinajstić information content (AvgIpc) is 3.10. The lowest BCUT2D eigenvalue weighted by Crippen LogP contribution is -2.12. The summed E-state index contributed by atoms with van der Waals surface area (Å²) in [6, 6.07) is 56.4. The van der Waals surface area contributed by atoms with Crippen molar-refractivity contribution in [3.63, 3.8) is 0 Å². The average molecular weight is 727 g/mol. The normalized spacial score (nSPS) is 12.8. The number of rotatable bonds is 7. The number of nitrogens with zero attached hydrogens (tertiary/aromatic N) is 2. The van der Waals surface area contributed by atoms with Crippen LogP contribution in [0.4, 0.5) is 34.1 Å². The fraction of sp³-hybridized carbons (Fsp3) is 0. The van der Waals surface area contributed by atoms with Gasteiger partial charge in [-0.15, -0.1) is 0 Å². The Morgan fingerprint density at radius 3 is 1.15 bits per heavy atom. The standard InChI is InChI=1S/C40H28IN2O2P/c41-46(44,45)34-22-20-33(21-23-34)43(32-14-8-3-9-15-32)38-27-19-29-16-24-35-37(26-18-28-17-25-36(38)40(29)39(28)35)42(30-10-4-1-5-11-30)31-12-6-2-7-13-31/h1-27H,(H,44,45). The summed E-state index contributed by atoms with van der Waals surface area (Å²) in [4.78, 5) is 14.7. The highest BCUT2D eigenvalue weighted by atomic mass is 127. The molecule has 0 saturated heterocycles. The highest BCUT2D eigenvalue weighted by molar-refractivity contribution is 14.2. The van der Waals surface area contributed by atoms with Gasteiger partial charge in [0.2, 0.25) is 0 Å². The molecule has 222 valence electrons. The summed E-state index contributed by atoms with van der Waals surface area (Å²) in [5.74, 6) is 0. The summed E-state index contributed by atoms with van der Waals surface area (Å²) < 4.78 is 12.4. The molecular weight excluding hydrogens is 698 g/mol. The van der Waals surface area contributed by atoms with E-state index in [1.165, 1.54) is 26.9 Å². The van der Waals surface area contributed by atoms with Crippen LogP contribution in [-0.2, 0) is 4.57 Å². The molecule has 46 heavy (non-hydrogen) atoms. The SMILES string of the molecule is O=[P@@](O)(I)c1ccc(N(c2ccccc2)c2ccc3ccc4c(N(c5ccccc5)c5ccccc5)ccc5ccc2c3c54)cc1. The van der Waals surface area contributed by atoms with Gasteiger partial charge < -0.3 is 14.7 Å². The van der Waals surface area contributed by atoms with E-state index in [9.17, 15) is 9.46 Å². The van der Waals surface area contributed by atoms with Gasteiger partial charge in [0, 0.05) is 60.9 Å². The van der Waals surface area contributed by atoms with Gasteiger partial charge in [0.15, 0.2) is 0 Å². The smallest absolute Gasteiger partial charge is 0.286 e. The van der Waals surface area contributed by atoms with Gasteiger partial charge in [0.05, 0.1) is 11.4 Å². The van der Waals surface area contributed by atoms with Gasteiger partial charge in [-0.3, -0.25) is 4.57 Å². The summed E-state index contributed by atoms with van der Waals surface area (Å²) >= 11 is 1.63. The fourth-order valence-corrected chi connectivity index (χ4v) is 8.01. The Bertz CT molecular complexity index is 2320. The van der Waals surface area contributed by atoms with E-state index in [0.29, 0.717) is 5.30 Å². The maximum absolute atomic E-state index is 12.4. The first-order valence-corrected chi connectivity index (χ1v) is 19.5. The number of benzene rings is 8. The Morgan fingerprint density at radius 1 is 0.435 bits per heavy atom. The number of halogens is 1. The first kappa shape index (κ1) is 28.8. The monoisotopic (exact) mass is 726 g/mol. The first-order chi connectivity index (χ1) is 22.5. The van der Waals surface area contributed by atoms with Gasteiger partial charge in [-0.25, -0.2) is 0 Å². The summed E-state index contributed by atoms with van der Waals surface area (Å²) in [6.45, 7) is 0. The zero-order valence-electron chi connectivity index (χ0n) is 24.7. The van der Waals surface area contributed by atoms with Crippen LogP contribution < -0.4 is 15.1 Å². The number of anilines is 6. The summed E-state index contributed by atoms with van der Waals surface area (Å²) in [6.07, 6.45) is 0. The molecule has 0 saturated carbocycles. The van der Waals surface area contributed by atoms with Crippen LogP contribution in [-0.4, -0.2) is 4.89 Å². The molecule has 1 atom stereocenters. The summed E-state index contributed by atoms with van der Waals surface area (Å²) in [7, 11) is 0. The Hall–Kier alpha value is -4.68. The highest BCUT2D eigenvalue weighted by Crippen LogP contribution is 2.50. The zero-order chi connectivity index (χ0) is 31.3. The van der Waals surface area contributed by atoms with Gasteiger partial charge in [-0.1, -0.05) is 91.0 Å². The molecule has 0 bridgehead atoms. The second-order valence-corrected chi connectivity index (χ2v) is 16.7. The van der Waals surface area contributed by atoms with E-state index < -0.39 is 5.01 Å². The van der Waals surface area contributed by atoms with E-state index in [1.807, 2.05) is 30.3 Å². The maximum Gasteiger partial charge on any atom is 0.286 e. The second kappa shape index (κ2) is 11.6. The minimum absolute atomic E-state index is 0.425. The highest BCUT2D eigenvalue weighted by Gasteiger charge is 2.22.